The second-order valence-electron chi connectivity index (χ2n) is 13.8. The molecule has 0 aromatic heterocycles. The lowest BCUT2D eigenvalue weighted by Crippen LogP contribution is -2.33. The van der Waals surface area contributed by atoms with Gasteiger partial charge in [0, 0.05) is 12.4 Å². The van der Waals surface area contributed by atoms with E-state index in [0.717, 1.165) is 18.5 Å². The Hall–Kier alpha value is -2.29. The predicted molar refractivity (Wildman–Crippen MR) is 210 cm³/mol. The number of unbranched alkanes of at least 4 members (excludes halogenated alkanes) is 28. The summed E-state index contributed by atoms with van der Waals surface area (Å²) >= 11 is 0. The number of para-hydroxylation sites is 1. The zero-order chi connectivity index (χ0) is 33.7. The molecule has 1 aromatic rings. The van der Waals surface area contributed by atoms with Crippen LogP contribution in [0.25, 0.3) is 0 Å². The molecule has 0 saturated carbocycles. The molecule has 0 spiro atoms. The lowest BCUT2D eigenvalue weighted by Gasteiger charge is -2.18. The highest BCUT2D eigenvalue weighted by molar-refractivity contribution is 5.94. The number of amides is 2. The quantitative estimate of drug-likeness (QED) is 0.0585. The summed E-state index contributed by atoms with van der Waals surface area (Å²) in [5, 5.41) is 2.99. The van der Waals surface area contributed by atoms with Crippen LogP contribution in [0.5, 0.6) is 0 Å². The third kappa shape index (κ3) is 28.4. The van der Waals surface area contributed by atoms with Crippen LogP contribution in [0, 0.1) is 0 Å². The van der Waals surface area contributed by atoms with E-state index < -0.39 is 0 Å². The summed E-state index contributed by atoms with van der Waals surface area (Å²) in [7, 11) is 0. The van der Waals surface area contributed by atoms with E-state index in [9.17, 15) is 4.79 Å². The maximum atomic E-state index is 13.0. The van der Waals surface area contributed by atoms with Gasteiger partial charge < -0.3 is 5.32 Å². The highest BCUT2D eigenvalue weighted by atomic mass is 16.2. The van der Waals surface area contributed by atoms with Crippen molar-refractivity contribution >= 4 is 11.7 Å². The predicted octanol–water partition coefficient (Wildman–Crippen LogP) is 15.1. The number of carbonyl (C=O) groups excluding carboxylic acids is 1. The number of urea groups is 1. The summed E-state index contributed by atoms with van der Waals surface area (Å²) in [4.78, 5) is 14.8. The van der Waals surface area contributed by atoms with E-state index in [4.69, 9.17) is 0 Å². The molecule has 0 unspecified atom stereocenters. The number of nitrogens with zero attached hydrogens (tertiary/aromatic N) is 1. The Balaban J connectivity index is 2.09. The van der Waals surface area contributed by atoms with Crippen molar-refractivity contribution in [2.75, 3.05) is 4.90 Å². The number of hydrogen-bond donors (Lipinski definition) is 1. The topological polar surface area (TPSA) is 32.3 Å². The average Bonchev–Trinajstić information content (AvgIpc) is 3.09. The van der Waals surface area contributed by atoms with Crippen LogP contribution < -0.4 is 10.2 Å². The molecular weight excluding hydrogens is 572 g/mol. The van der Waals surface area contributed by atoms with E-state index in [1.54, 1.807) is 4.90 Å². The second kappa shape index (κ2) is 35.0. The molecular formula is C44H76N2O. The molecule has 3 nitrogen and oxygen atoms in total. The van der Waals surface area contributed by atoms with Crippen LogP contribution in [0.15, 0.2) is 67.5 Å². The normalized spacial score (nSPS) is 11.5. The Labute approximate surface area is 293 Å². The molecule has 0 aliphatic heterocycles. The van der Waals surface area contributed by atoms with Crippen molar-refractivity contribution in [2.45, 2.75) is 200 Å². The second-order valence-corrected chi connectivity index (χ2v) is 13.8. The van der Waals surface area contributed by atoms with E-state index in [0.29, 0.717) is 0 Å². The van der Waals surface area contributed by atoms with Gasteiger partial charge in [0.25, 0.3) is 0 Å². The lowest BCUT2D eigenvalue weighted by molar-refractivity contribution is 0.251. The first kappa shape index (κ1) is 42.7. The standard InChI is InChI=1S/C44H76N2O/c1-3-5-7-9-11-13-15-17-19-21-23-25-27-29-31-33-38-42-46(43-39-35-34-36-40-43)44(47)45-41-37-32-30-28-26-24-22-20-18-16-14-12-10-8-6-4-2/h3,34-42H,1,4-33H2,2H3,(H,45,47). The van der Waals surface area contributed by atoms with Gasteiger partial charge in [-0.2, -0.15) is 0 Å². The van der Waals surface area contributed by atoms with Gasteiger partial charge in [0.1, 0.15) is 0 Å². The fourth-order valence-corrected chi connectivity index (χ4v) is 6.27. The van der Waals surface area contributed by atoms with Gasteiger partial charge in [0.2, 0.25) is 0 Å². The van der Waals surface area contributed by atoms with Gasteiger partial charge in [-0.1, -0.05) is 197 Å². The molecule has 268 valence electrons. The molecule has 0 aliphatic carbocycles. The molecule has 47 heavy (non-hydrogen) atoms. The average molecular weight is 649 g/mol. The molecule has 3 heteroatoms. The van der Waals surface area contributed by atoms with E-state index in [1.807, 2.05) is 48.8 Å². The minimum absolute atomic E-state index is 0.0997. The molecule has 1 N–H and O–H groups in total. The third-order valence-electron chi connectivity index (χ3n) is 9.34. The number of allylic oxidation sites excluding steroid dienone is 3. The van der Waals surface area contributed by atoms with Crippen LogP contribution in [0.2, 0.25) is 0 Å². The SMILES string of the molecule is C=CCCCCCCCCCCCCCCCC=CN(C(=O)NC=CCCCCCCCCCCCCCCCC)c1ccccc1. The zero-order valence-corrected chi connectivity index (χ0v) is 31.0. The number of benzene rings is 1. The largest absolute Gasteiger partial charge is 0.329 e. The van der Waals surface area contributed by atoms with E-state index in [1.165, 1.54) is 180 Å². The first-order valence-electron chi connectivity index (χ1n) is 20.4. The van der Waals surface area contributed by atoms with Crippen LogP contribution >= 0.6 is 0 Å². The van der Waals surface area contributed by atoms with Gasteiger partial charge in [-0.15, -0.1) is 6.58 Å². The first-order valence-corrected chi connectivity index (χ1v) is 20.4. The summed E-state index contributed by atoms with van der Waals surface area (Å²) in [6, 6.07) is 9.85. The first-order chi connectivity index (χ1) is 23.3. The Morgan fingerprint density at radius 1 is 0.553 bits per heavy atom. The molecule has 1 rings (SSSR count). The lowest BCUT2D eigenvalue weighted by atomic mass is 10.0. The number of carbonyl (C=O) groups is 1. The molecule has 0 heterocycles. The van der Waals surface area contributed by atoms with Crippen molar-refractivity contribution in [3.8, 4) is 0 Å². The van der Waals surface area contributed by atoms with Gasteiger partial charge in [-0.05, 0) is 50.7 Å². The molecule has 0 bridgehead atoms. The third-order valence-corrected chi connectivity index (χ3v) is 9.34. The van der Waals surface area contributed by atoms with Crippen LogP contribution in [0.1, 0.15) is 200 Å². The highest BCUT2D eigenvalue weighted by Gasteiger charge is 2.11. The smallest absolute Gasteiger partial charge is 0.314 e. The Morgan fingerprint density at radius 2 is 0.936 bits per heavy atom. The number of nitrogens with one attached hydrogen (secondary N) is 1. The molecule has 0 fully saturated rings. The minimum atomic E-state index is -0.0997. The van der Waals surface area contributed by atoms with Gasteiger partial charge >= 0.3 is 6.03 Å². The molecule has 0 aliphatic rings. The van der Waals surface area contributed by atoms with E-state index in [-0.39, 0.29) is 6.03 Å². The maximum absolute atomic E-state index is 13.0. The van der Waals surface area contributed by atoms with Crippen molar-refractivity contribution in [1.29, 1.82) is 0 Å². The van der Waals surface area contributed by atoms with E-state index in [2.05, 4.69) is 31.0 Å². The van der Waals surface area contributed by atoms with Crippen LogP contribution in [-0.4, -0.2) is 6.03 Å². The summed E-state index contributed by atoms with van der Waals surface area (Å²) in [6.45, 7) is 6.09. The Bertz CT molecular complexity index is 861. The molecule has 2 amide bonds. The number of hydrogen-bond acceptors (Lipinski definition) is 1. The van der Waals surface area contributed by atoms with Crippen molar-refractivity contribution in [2.24, 2.45) is 0 Å². The Kier molecular flexibility index (Phi) is 31.8. The van der Waals surface area contributed by atoms with Crippen LogP contribution in [0.4, 0.5) is 10.5 Å². The zero-order valence-electron chi connectivity index (χ0n) is 31.0. The van der Waals surface area contributed by atoms with Gasteiger partial charge in [-0.25, -0.2) is 4.79 Å². The van der Waals surface area contributed by atoms with Crippen molar-refractivity contribution in [3.05, 3.63) is 67.5 Å². The van der Waals surface area contributed by atoms with E-state index >= 15 is 0 Å². The fourth-order valence-electron chi connectivity index (χ4n) is 6.27. The fraction of sp³-hybridized carbons (Fsp3) is 0.705. The Morgan fingerprint density at radius 3 is 1.36 bits per heavy atom. The van der Waals surface area contributed by atoms with Crippen molar-refractivity contribution < 1.29 is 4.79 Å². The molecule has 0 atom stereocenters. The molecule has 1 aromatic carbocycles. The summed E-state index contributed by atoms with van der Waals surface area (Å²) in [5.41, 5.74) is 0.898. The molecule has 0 saturated heterocycles. The monoisotopic (exact) mass is 649 g/mol. The maximum Gasteiger partial charge on any atom is 0.329 e. The van der Waals surface area contributed by atoms with Crippen LogP contribution in [-0.2, 0) is 0 Å². The number of rotatable bonds is 34. The summed E-state index contributed by atoms with van der Waals surface area (Å²) in [5.74, 6) is 0. The van der Waals surface area contributed by atoms with Gasteiger partial charge in [0.05, 0.1) is 5.69 Å². The summed E-state index contributed by atoms with van der Waals surface area (Å²) < 4.78 is 0. The minimum Gasteiger partial charge on any atom is -0.314 e. The van der Waals surface area contributed by atoms with Crippen LogP contribution in [0.3, 0.4) is 0 Å². The highest BCUT2D eigenvalue weighted by Crippen LogP contribution is 2.17. The van der Waals surface area contributed by atoms with Gasteiger partial charge in [0.15, 0.2) is 0 Å². The van der Waals surface area contributed by atoms with Crippen molar-refractivity contribution in [1.82, 2.24) is 5.32 Å². The van der Waals surface area contributed by atoms with Crippen molar-refractivity contribution in [3.63, 3.8) is 0 Å². The number of anilines is 1. The summed E-state index contributed by atoms with van der Waals surface area (Å²) in [6.07, 6.45) is 50.3. The van der Waals surface area contributed by atoms with Gasteiger partial charge in [-0.3, -0.25) is 4.90 Å². The molecule has 0 radical (unpaired) electrons.